The van der Waals surface area contributed by atoms with Gasteiger partial charge >= 0.3 is 0 Å². The third-order valence-electron chi connectivity index (χ3n) is 2.26. The standard InChI is InChI=1S/C10H13N5/c1-7-6-12-10(11-2)14-9(7)8-4-5-13-15(8)3/h4-6H,1-3H3,(H,11,12,14). The maximum Gasteiger partial charge on any atom is 0.223 e. The minimum Gasteiger partial charge on any atom is -0.357 e. The second kappa shape index (κ2) is 3.68. The summed E-state index contributed by atoms with van der Waals surface area (Å²) in [5.74, 6) is 0.622. The molecule has 5 nitrogen and oxygen atoms in total. The molecule has 0 saturated heterocycles. The van der Waals surface area contributed by atoms with Gasteiger partial charge < -0.3 is 5.32 Å². The van der Waals surface area contributed by atoms with Crippen molar-refractivity contribution in [2.45, 2.75) is 6.92 Å². The Labute approximate surface area is 88.2 Å². The Hall–Kier alpha value is -1.91. The van der Waals surface area contributed by atoms with E-state index in [1.54, 1.807) is 24.1 Å². The highest BCUT2D eigenvalue weighted by atomic mass is 15.3. The lowest BCUT2D eigenvalue weighted by Gasteiger charge is -2.06. The van der Waals surface area contributed by atoms with Crippen LogP contribution in [0.25, 0.3) is 11.4 Å². The second-order valence-corrected chi connectivity index (χ2v) is 3.32. The van der Waals surface area contributed by atoms with Crippen LogP contribution in [0.5, 0.6) is 0 Å². The van der Waals surface area contributed by atoms with E-state index in [-0.39, 0.29) is 0 Å². The van der Waals surface area contributed by atoms with Gasteiger partial charge in [-0.2, -0.15) is 5.10 Å². The molecule has 0 radical (unpaired) electrons. The minimum absolute atomic E-state index is 0.622. The van der Waals surface area contributed by atoms with Crippen LogP contribution in [0.4, 0.5) is 5.95 Å². The van der Waals surface area contributed by atoms with E-state index in [0.717, 1.165) is 17.0 Å². The summed E-state index contributed by atoms with van der Waals surface area (Å²) in [6.45, 7) is 1.99. The number of aromatic nitrogens is 4. The van der Waals surface area contributed by atoms with Crippen LogP contribution in [-0.4, -0.2) is 26.8 Å². The molecule has 2 rings (SSSR count). The van der Waals surface area contributed by atoms with Crippen LogP contribution in [0.3, 0.4) is 0 Å². The highest BCUT2D eigenvalue weighted by molar-refractivity contribution is 5.59. The lowest BCUT2D eigenvalue weighted by Crippen LogP contribution is -2.02. The zero-order valence-corrected chi connectivity index (χ0v) is 9.02. The van der Waals surface area contributed by atoms with Crippen molar-refractivity contribution in [1.29, 1.82) is 0 Å². The molecule has 2 aromatic rings. The molecule has 0 amide bonds. The molecule has 0 saturated carbocycles. The predicted octanol–water partition coefficient (Wildman–Crippen LogP) is 1.23. The molecule has 0 spiro atoms. The van der Waals surface area contributed by atoms with Crippen LogP contribution in [0.15, 0.2) is 18.5 Å². The summed E-state index contributed by atoms with van der Waals surface area (Å²) in [7, 11) is 3.70. The molecule has 0 bridgehead atoms. The largest absolute Gasteiger partial charge is 0.357 e. The number of rotatable bonds is 2. The Kier molecular flexibility index (Phi) is 2.37. The lowest BCUT2D eigenvalue weighted by atomic mass is 10.2. The van der Waals surface area contributed by atoms with E-state index >= 15 is 0 Å². The molecule has 1 N–H and O–H groups in total. The zero-order valence-electron chi connectivity index (χ0n) is 9.02. The molecule has 5 heteroatoms. The Morgan fingerprint density at radius 1 is 1.40 bits per heavy atom. The van der Waals surface area contributed by atoms with Crippen molar-refractivity contribution in [1.82, 2.24) is 19.7 Å². The van der Waals surface area contributed by atoms with Crippen molar-refractivity contribution < 1.29 is 0 Å². The Morgan fingerprint density at radius 2 is 2.20 bits per heavy atom. The first kappa shape index (κ1) is 9.64. The van der Waals surface area contributed by atoms with Gasteiger partial charge in [0.05, 0.1) is 11.4 Å². The third kappa shape index (κ3) is 1.68. The molecular weight excluding hydrogens is 190 g/mol. The van der Waals surface area contributed by atoms with Gasteiger partial charge in [-0.1, -0.05) is 0 Å². The van der Waals surface area contributed by atoms with Crippen molar-refractivity contribution in [2.75, 3.05) is 12.4 Å². The first-order chi connectivity index (χ1) is 7.22. The van der Waals surface area contributed by atoms with Gasteiger partial charge in [0.1, 0.15) is 0 Å². The van der Waals surface area contributed by atoms with Crippen LogP contribution in [0.1, 0.15) is 5.56 Å². The molecule has 15 heavy (non-hydrogen) atoms. The summed E-state index contributed by atoms with van der Waals surface area (Å²) in [5.41, 5.74) is 2.94. The van der Waals surface area contributed by atoms with E-state index in [0.29, 0.717) is 5.95 Å². The fourth-order valence-corrected chi connectivity index (χ4v) is 1.43. The Balaban J connectivity index is 2.56. The van der Waals surface area contributed by atoms with Crippen molar-refractivity contribution >= 4 is 5.95 Å². The van der Waals surface area contributed by atoms with Gasteiger partial charge in [-0.05, 0) is 18.6 Å². The maximum absolute atomic E-state index is 4.41. The van der Waals surface area contributed by atoms with Crippen LogP contribution in [-0.2, 0) is 7.05 Å². The van der Waals surface area contributed by atoms with Gasteiger partial charge in [-0.25, -0.2) is 9.97 Å². The van der Waals surface area contributed by atoms with E-state index in [4.69, 9.17) is 0 Å². The van der Waals surface area contributed by atoms with Gasteiger partial charge in [-0.15, -0.1) is 0 Å². The van der Waals surface area contributed by atoms with Crippen molar-refractivity contribution in [2.24, 2.45) is 7.05 Å². The van der Waals surface area contributed by atoms with Crippen molar-refractivity contribution in [3.63, 3.8) is 0 Å². The molecule has 78 valence electrons. The summed E-state index contributed by atoms with van der Waals surface area (Å²) < 4.78 is 1.80. The summed E-state index contributed by atoms with van der Waals surface area (Å²) in [6.07, 6.45) is 3.57. The highest BCUT2D eigenvalue weighted by Gasteiger charge is 2.08. The molecule has 2 heterocycles. The minimum atomic E-state index is 0.622. The van der Waals surface area contributed by atoms with Crippen LogP contribution in [0, 0.1) is 6.92 Å². The number of nitrogens with zero attached hydrogens (tertiary/aromatic N) is 4. The molecule has 0 atom stereocenters. The fraction of sp³-hybridized carbons (Fsp3) is 0.300. The van der Waals surface area contributed by atoms with Gasteiger partial charge in [0.2, 0.25) is 5.95 Å². The maximum atomic E-state index is 4.41. The number of anilines is 1. The SMILES string of the molecule is CNc1ncc(C)c(-c2ccnn2C)n1. The van der Waals surface area contributed by atoms with E-state index < -0.39 is 0 Å². The first-order valence-corrected chi connectivity index (χ1v) is 4.72. The number of hydrogen-bond acceptors (Lipinski definition) is 4. The van der Waals surface area contributed by atoms with Gasteiger partial charge in [0.15, 0.2) is 0 Å². The van der Waals surface area contributed by atoms with Gasteiger partial charge in [0.25, 0.3) is 0 Å². The zero-order chi connectivity index (χ0) is 10.8. The molecule has 0 aliphatic rings. The number of aryl methyl sites for hydroxylation is 2. The quantitative estimate of drug-likeness (QED) is 0.797. The third-order valence-corrected chi connectivity index (χ3v) is 2.26. The molecule has 0 aliphatic carbocycles. The van der Waals surface area contributed by atoms with E-state index in [1.165, 1.54) is 0 Å². The van der Waals surface area contributed by atoms with E-state index in [1.807, 2.05) is 20.0 Å². The van der Waals surface area contributed by atoms with Gasteiger partial charge in [0, 0.05) is 26.5 Å². The summed E-state index contributed by atoms with van der Waals surface area (Å²) >= 11 is 0. The summed E-state index contributed by atoms with van der Waals surface area (Å²) in [4.78, 5) is 8.56. The fourth-order valence-electron chi connectivity index (χ4n) is 1.43. The van der Waals surface area contributed by atoms with Gasteiger partial charge in [-0.3, -0.25) is 4.68 Å². The van der Waals surface area contributed by atoms with E-state index in [9.17, 15) is 0 Å². The first-order valence-electron chi connectivity index (χ1n) is 4.72. The normalized spacial score (nSPS) is 10.3. The molecule has 0 aromatic carbocycles. The average Bonchev–Trinajstić information content (AvgIpc) is 2.65. The molecular formula is C10H13N5. The summed E-state index contributed by atoms with van der Waals surface area (Å²) in [5, 5.41) is 7.05. The monoisotopic (exact) mass is 203 g/mol. The Bertz CT molecular complexity index is 474. The molecule has 0 aliphatic heterocycles. The summed E-state index contributed by atoms with van der Waals surface area (Å²) in [6, 6.07) is 1.94. The smallest absolute Gasteiger partial charge is 0.223 e. The second-order valence-electron chi connectivity index (χ2n) is 3.32. The number of hydrogen-bond donors (Lipinski definition) is 1. The van der Waals surface area contributed by atoms with Crippen molar-refractivity contribution in [3.05, 3.63) is 24.0 Å². The molecule has 2 aromatic heterocycles. The van der Waals surface area contributed by atoms with Crippen molar-refractivity contribution in [3.8, 4) is 11.4 Å². The molecule has 0 fully saturated rings. The Morgan fingerprint density at radius 3 is 2.80 bits per heavy atom. The predicted molar refractivity (Wildman–Crippen MR) is 58.5 cm³/mol. The van der Waals surface area contributed by atoms with E-state index in [2.05, 4.69) is 20.4 Å². The average molecular weight is 203 g/mol. The van der Waals surface area contributed by atoms with Crippen LogP contribution in [0.2, 0.25) is 0 Å². The highest BCUT2D eigenvalue weighted by Crippen LogP contribution is 2.20. The van der Waals surface area contributed by atoms with Crippen LogP contribution < -0.4 is 5.32 Å². The number of nitrogens with one attached hydrogen (secondary N) is 1. The lowest BCUT2D eigenvalue weighted by molar-refractivity contribution is 0.772. The topological polar surface area (TPSA) is 55.6 Å². The van der Waals surface area contributed by atoms with Crippen LogP contribution >= 0.6 is 0 Å². The molecule has 0 unspecified atom stereocenters.